The first-order valence-corrected chi connectivity index (χ1v) is 27.7. The maximum atomic E-state index is 6.37. The molecule has 11 rings (SSSR count). The van der Waals surface area contributed by atoms with Crippen molar-refractivity contribution in [1.29, 1.82) is 0 Å². The molecular formula is C69H63N5O6. The number of aromatic nitrogens is 3. The minimum absolute atomic E-state index is 0.00558. The molecule has 0 spiro atoms. The molecular weight excluding hydrogens is 995 g/mol. The summed E-state index contributed by atoms with van der Waals surface area (Å²) in [5.41, 5.74) is 9.75. The van der Waals surface area contributed by atoms with E-state index < -0.39 is 0 Å². The lowest BCUT2D eigenvalue weighted by Gasteiger charge is -2.22. The van der Waals surface area contributed by atoms with Crippen molar-refractivity contribution in [3.63, 3.8) is 0 Å². The van der Waals surface area contributed by atoms with E-state index in [0.29, 0.717) is 52.2 Å². The number of ether oxygens (including phenoxy) is 6. The Morgan fingerprint density at radius 2 is 0.787 bits per heavy atom. The lowest BCUT2D eigenvalue weighted by molar-refractivity contribution is 0.361. The van der Waals surface area contributed by atoms with Crippen molar-refractivity contribution in [2.75, 3.05) is 0 Å². The second-order valence-electron chi connectivity index (χ2n) is 20.3. The fraction of sp³-hybridized carbons (Fsp3) is 0.203. The predicted molar refractivity (Wildman–Crippen MR) is 317 cm³/mol. The number of hydrogen-bond acceptors (Lipinski definition) is 10. The molecule has 2 aliphatic carbocycles. The lowest BCUT2D eigenvalue weighted by Crippen LogP contribution is -2.13. The van der Waals surface area contributed by atoms with Gasteiger partial charge in [-0.1, -0.05) is 166 Å². The molecule has 0 unspecified atom stereocenters. The molecule has 0 aliphatic heterocycles. The molecule has 400 valence electrons. The first-order chi connectivity index (χ1) is 39.3. The van der Waals surface area contributed by atoms with Crippen molar-refractivity contribution in [3.05, 3.63) is 229 Å². The van der Waals surface area contributed by atoms with Gasteiger partial charge >= 0.3 is 24.1 Å². The van der Waals surface area contributed by atoms with E-state index in [2.05, 4.69) is 80.0 Å². The zero-order valence-electron chi connectivity index (χ0n) is 45.2. The SMILES string of the molecule is C=C(/N=C(\N=C(/C)Oc1ccc(C2CCCCC2)cc1)Oc1ccc(-c2ccccc2)cc1)Oc1ccc(-c2ccc(Oc3nc(Oc4ccc(-c5ccccc5)cc4)nc(Oc4ccc(C5CCCCC5)cc4)n3)c(C)c2)cc1. The van der Waals surface area contributed by atoms with E-state index in [1.54, 1.807) is 6.92 Å². The number of amidine groups is 1. The van der Waals surface area contributed by atoms with Gasteiger partial charge < -0.3 is 28.4 Å². The van der Waals surface area contributed by atoms with Crippen molar-refractivity contribution < 1.29 is 28.4 Å². The van der Waals surface area contributed by atoms with Crippen molar-refractivity contribution in [1.82, 2.24) is 15.0 Å². The number of rotatable bonds is 16. The molecule has 0 radical (unpaired) electrons. The number of hydrogen-bond donors (Lipinski definition) is 0. The third kappa shape index (κ3) is 14.0. The van der Waals surface area contributed by atoms with Gasteiger partial charge in [-0.05, 0) is 174 Å². The van der Waals surface area contributed by atoms with Gasteiger partial charge in [-0.3, -0.25) is 0 Å². The van der Waals surface area contributed by atoms with E-state index in [-0.39, 0.29) is 29.9 Å². The molecule has 0 bridgehead atoms. The lowest BCUT2D eigenvalue weighted by atomic mass is 9.84. The molecule has 2 aliphatic rings. The summed E-state index contributed by atoms with van der Waals surface area (Å²) < 4.78 is 37.4. The normalized spacial score (nSPS) is 14.2. The highest BCUT2D eigenvalue weighted by Crippen LogP contribution is 2.37. The summed E-state index contributed by atoms with van der Waals surface area (Å²) in [6.07, 6.45) is 12.6. The van der Waals surface area contributed by atoms with Gasteiger partial charge in [-0.25, -0.2) is 0 Å². The van der Waals surface area contributed by atoms with E-state index in [1.807, 2.05) is 159 Å². The zero-order valence-corrected chi connectivity index (χ0v) is 45.2. The van der Waals surface area contributed by atoms with E-state index >= 15 is 0 Å². The van der Waals surface area contributed by atoms with Crippen LogP contribution in [0.25, 0.3) is 33.4 Å². The third-order valence-electron chi connectivity index (χ3n) is 14.6. The maximum absolute atomic E-state index is 6.37. The van der Waals surface area contributed by atoms with Crippen molar-refractivity contribution >= 4 is 11.9 Å². The van der Waals surface area contributed by atoms with Gasteiger partial charge in [0.15, 0.2) is 5.90 Å². The molecule has 11 nitrogen and oxygen atoms in total. The van der Waals surface area contributed by atoms with E-state index in [0.717, 1.165) is 38.9 Å². The largest absolute Gasteiger partial charge is 0.443 e. The second kappa shape index (κ2) is 25.4. The van der Waals surface area contributed by atoms with Crippen LogP contribution in [0.1, 0.15) is 99.7 Å². The standard InChI is InChI=1S/C69H63N5O6/c1-47-46-59(34-45-65(47)80-69-73-67(78-63-41-28-56(29-42-63)52-20-12-6-13-21-52)72-68(74-69)79-64-43-30-57(31-44-64)53-22-14-7-15-23-53)58-32-37-61(38-33-58)76-49(3)71-66(77-62-39-26-55(27-40-62)51-18-10-5-11-19-51)70-48(2)75-60-35-24-54(25-36-60)50-16-8-4-9-17-50/h5-6,10-13,18-21,24-46,50,53H,3-4,7-9,14-17,22-23H2,1-2H3/b70-48+,71-66+. The fourth-order valence-electron chi connectivity index (χ4n) is 10.4. The Labute approximate surface area is 468 Å². The van der Waals surface area contributed by atoms with Gasteiger partial charge in [0, 0.05) is 6.92 Å². The van der Waals surface area contributed by atoms with Crippen LogP contribution < -0.4 is 28.4 Å². The number of aliphatic imine (C=N–C) groups is 2. The Morgan fingerprint density at radius 3 is 1.27 bits per heavy atom. The average Bonchev–Trinajstić information content (AvgIpc) is 3.50. The summed E-state index contributed by atoms with van der Waals surface area (Å²) in [6, 6.07) is 66.0. The van der Waals surface area contributed by atoms with Crippen molar-refractivity contribution in [2.45, 2.75) is 89.9 Å². The molecule has 1 heterocycles. The van der Waals surface area contributed by atoms with Gasteiger partial charge in [0.1, 0.15) is 34.5 Å². The Balaban J connectivity index is 0.778. The Morgan fingerprint density at radius 1 is 0.400 bits per heavy atom. The molecule has 1 aromatic heterocycles. The van der Waals surface area contributed by atoms with Crippen LogP contribution in [0.15, 0.2) is 223 Å². The molecule has 0 saturated heterocycles. The predicted octanol–water partition coefficient (Wildman–Crippen LogP) is 18.4. The van der Waals surface area contributed by atoms with Crippen LogP contribution in [0.2, 0.25) is 0 Å². The molecule has 80 heavy (non-hydrogen) atoms. The summed E-state index contributed by atoms with van der Waals surface area (Å²) in [7, 11) is 0. The molecule has 2 saturated carbocycles. The summed E-state index contributed by atoms with van der Waals surface area (Å²) in [5, 5.41) is 0. The summed E-state index contributed by atoms with van der Waals surface area (Å²) in [5.74, 6) is 5.05. The van der Waals surface area contributed by atoms with Gasteiger partial charge in [0.05, 0.1) is 0 Å². The van der Waals surface area contributed by atoms with E-state index in [4.69, 9.17) is 28.4 Å². The van der Waals surface area contributed by atoms with Crippen LogP contribution in [0, 0.1) is 6.92 Å². The molecule has 2 fully saturated rings. The van der Waals surface area contributed by atoms with Gasteiger partial charge in [-0.2, -0.15) is 9.98 Å². The Bertz CT molecular complexity index is 3560. The van der Waals surface area contributed by atoms with Crippen molar-refractivity contribution in [3.8, 4) is 85.9 Å². The first-order valence-electron chi connectivity index (χ1n) is 27.7. The Kier molecular flexibility index (Phi) is 16.7. The minimum atomic E-state index is 0.00558. The number of nitrogens with zero attached hydrogens (tertiary/aromatic N) is 5. The maximum Gasteiger partial charge on any atom is 0.331 e. The molecule has 8 aromatic carbocycles. The average molecular weight is 1060 g/mol. The number of benzene rings is 8. The molecule has 9 aromatic rings. The van der Waals surface area contributed by atoms with E-state index in [9.17, 15) is 0 Å². The van der Waals surface area contributed by atoms with Gasteiger partial charge in [0.25, 0.3) is 0 Å². The summed E-state index contributed by atoms with van der Waals surface area (Å²) >= 11 is 0. The quantitative estimate of drug-likeness (QED) is 0.0529. The minimum Gasteiger partial charge on any atom is -0.443 e. The van der Waals surface area contributed by atoms with Gasteiger partial charge in [0.2, 0.25) is 5.88 Å². The van der Waals surface area contributed by atoms with Crippen LogP contribution >= 0.6 is 0 Å². The second-order valence-corrected chi connectivity index (χ2v) is 20.3. The van der Waals surface area contributed by atoms with Crippen LogP contribution in [-0.4, -0.2) is 26.9 Å². The highest BCUT2D eigenvalue weighted by molar-refractivity contribution is 5.91. The zero-order chi connectivity index (χ0) is 54.5. The van der Waals surface area contributed by atoms with Gasteiger partial charge in [-0.15, -0.1) is 15.0 Å². The van der Waals surface area contributed by atoms with Crippen LogP contribution in [-0.2, 0) is 0 Å². The monoisotopic (exact) mass is 1060 g/mol. The molecule has 0 N–H and O–H groups in total. The van der Waals surface area contributed by atoms with Crippen molar-refractivity contribution in [2.24, 2.45) is 9.98 Å². The van der Waals surface area contributed by atoms with Crippen LogP contribution in [0.4, 0.5) is 0 Å². The Hall–Kier alpha value is -9.35. The fourth-order valence-corrected chi connectivity index (χ4v) is 10.4. The molecule has 0 amide bonds. The topological polar surface area (TPSA) is 119 Å². The first kappa shape index (κ1) is 52.7. The third-order valence-corrected chi connectivity index (χ3v) is 14.6. The summed E-state index contributed by atoms with van der Waals surface area (Å²) in [6.45, 7) is 7.85. The highest BCUT2D eigenvalue weighted by atomic mass is 16.5. The van der Waals surface area contributed by atoms with E-state index in [1.165, 1.54) is 75.3 Å². The number of aryl methyl sites for hydroxylation is 1. The summed E-state index contributed by atoms with van der Waals surface area (Å²) in [4.78, 5) is 23.0. The molecule has 11 heteroatoms. The molecule has 0 atom stereocenters. The smallest absolute Gasteiger partial charge is 0.331 e. The van der Waals surface area contributed by atoms with Crippen LogP contribution in [0.5, 0.6) is 52.5 Å². The van der Waals surface area contributed by atoms with Crippen LogP contribution in [0.3, 0.4) is 0 Å². The highest BCUT2D eigenvalue weighted by Gasteiger charge is 2.19.